The number of carbonyl (C=O) groups is 2. The highest BCUT2D eigenvalue weighted by molar-refractivity contribution is 7.92. The molecule has 3 aromatic rings. The van der Waals surface area contributed by atoms with E-state index >= 15 is 0 Å². The number of aryl methyl sites for hydroxylation is 1. The van der Waals surface area contributed by atoms with Crippen molar-refractivity contribution in [3.8, 4) is 5.75 Å². The SMILES string of the molecule is CC[C@H](C)NC(=O)[C@@H](C)N(Cc1ccccc1Cl)C(=O)CN(c1ccc(C)cc1)S(=O)(=O)c1ccc(OC)cc1. The van der Waals surface area contributed by atoms with Crippen LogP contribution in [0.5, 0.6) is 5.75 Å². The summed E-state index contributed by atoms with van der Waals surface area (Å²) >= 11 is 6.40. The Morgan fingerprint density at radius 3 is 2.17 bits per heavy atom. The zero-order valence-electron chi connectivity index (χ0n) is 23.4. The second kappa shape index (κ2) is 13.7. The number of hydrogen-bond donors (Lipinski definition) is 1. The van der Waals surface area contributed by atoms with Gasteiger partial charge in [-0.3, -0.25) is 13.9 Å². The highest BCUT2D eigenvalue weighted by Gasteiger charge is 2.33. The highest BCUT2D eigenvalue weighted by atomic mass is 35.5. The van der Waals surface area contributed by atoms with Gasteiger partial charge in [0.1, 0.15) is 18.3 Å². The van der Waals surface area contributed by atoms with Gasteiger partial charge in [0.25, 0.3) is 10.0 Å². The minimum atomic E-state index is -4.17. The number of rotatable bonds is 12. The fourth-order valence-corrected chi connectivity index (χ4v) is 5.58. The smallest absolute Gasteiger partial charge is 0.264 e. The van der Waals surface area contributed by atoms with Crippen LogP contribution in [0.15, 0.2) is 77.7 Å². The van der Waals surface area contributed by atoms with Crippen LogP contribution in [0.2, 0.25) is 5.02 Å². The van der Waals surface area contributed by atoms with Crippen molar-refractivity contribution >= 4 is 39.1 Å². The molecule has 2 amide bonds. The maximum Gasteiger partial charge on any atom is 0.264 e. The monoisotopic (exact) mass is 585 g/mol. The number of hydrogen-bond acceptors (Lipinski definition) is 5. The van der Waals surface area contributed by atoms with Gasteiger partial charge in [0.2, 0.25) is 11.8 Å². The topological polar surface area (TPSA) is 96.0 Å². The number of anilines is 1. The fraction of sp³-hybridized carbons (Fsp3) is 0.333. The molecule has 0 unspecified atom stereocenters. The summed E-state index contributed by atoms with van der Waals surface area (Å²) in [6.45, 7) is 6.85. The second-order valence-corrected chi connectivity index (χ2v) is 11.9. The number of nitrogens with one attached hydrogen (secondary N) is 1. The molecule has 0 aliphatic heterocycles. The summed E-state index contributed by atoms with van der Waals surface area (Å²) < 4.78 is 34.0. The standard InChI is InChI=1S/C30H36ClN3O5S/c1-6-22(3)32-30(36)23(4)33(19-24-9-7-8-10-28(24)31)29(35)20-34(25-13-11-21(2)12-14-25)40(37,38)27-17-15-26(39-5)16-18-27/h7-18,22-23H,6,19-20H2,1-5H3,(H,32,36)/t22-,23+/m0/s1. The Hall–Kier alpha value is -3.56. The molecule has 0 aromatic heterocycles. The van der Waals surface area contributed by atoms with Crippen LogP contribution in [-0.2, 0) is 26.2 Å². The van der Waals surface area contributed by atoms with Gasteiger partial charge in [-0.25, -0.2) is 8.42 Å². The van der Waals surface area contributed by atoms with Crippen LogP contribution >= 0.6 is 11.6 Å². The molecule has 0 aliphatic carbocycles. The lowest BCUT2D eigenvalue weighted by molar-refractivity contribution is -0.139. The maximum atomic E-state index is 14.0. The summed E-state index contributed by atoms with van der Waals surface area (Å²) in [5, 5.41) is 3.35. The van der Waals surface area contributed by atoms with Crippen LogP contribution in [0.25, 0.3) is 0 Å². The third-order valence-electron chi connectivity index (χ3n) is 6.72. The number of ether oxygens (including phenoxy) is 1. The minimum Gasteiger partial charge on any atom is -0.497 e. The van der Waals surface area contributed by atoms with Crippen molar-refractivity contribution in [3.63, 3.8) is 0 Å². The third kappa shape index (κ3) is 7.55. The first-order valence-electron chi connectivity index (χ1n) is 13.0. The molecule has 1 N–H and O–H groups in total. The number of benzene rings is 3. The van der Waals surface area contributed by atoms with E-state index in [9.17, 15) is 18.0 Å². The quantitative estimate of drug-likeness (QED) is 0.316. The van der Waals surface area contributed by atoms with E-state index in [1.54, 1.807) is 67.6 Å². The summed E-state index contributed by atoms with van der Waals surface area (Å²) in [4.78, 5) is 28.5. The van der Waals surface area contributed by atoms with Crippen LogP contribution in [0.1, 0.15) is 38.3 Å². The molecule has 0 fully saturated rings. The summed E-state index contributed by atoms with van der Waals surface area (Å²) in [6, 6.07) is 18.9. The van der Waals surface area contributed by atoms with Crippen molar-refractivity contribution in [2.24, 2.45) is 0 Å². The zero-order chi connectivity index (χ0) is 29.4. The van der Waals surface area contributed by atoms with Crippen molar-refractivity contribution in [3.05, 3.63) is 88.9 Å². The molecule has 0 radical (unpaired) electrons. The number of sulfonamides is 1. The minimum absolute atomic E-state index is 0.00175. The van der Waals surface area contributed by atoms with Crippen molar-refractivity contribution in [2.45, 2.75) is 57.6 Å². The van der Waals surface area contributed by atoms with Crippen LogP contribution < -0.4 is 14.4 Å². The van der Waals surface area contributed by atoms with Gasteiger partial charge in [0.05, 0.1) is 17.7 Å². The van der Waals surface area contributed by atoms with E-state index in [1.165, 1.54) is 24.1 Å². The van der Waals surface area contributed by atoms with Crippen LogP contribution in [0, 0.1) is 6.92 Å². The molecule has 3 rings (SSSR count). The molecule has 0 saturated carbocycles. The van der Waals surface area contributed by atoms with Crippen LogP contribution in [-0.4, -0.2) is 50.9 Å². The number of amides is 2. The van der Waals surface area contributed by atoms with Gasteiger partial charge in [-0.05, 0) is 75.2 Å². The lowest BCUT2D eigenvalue weighted by atomic mass is 10.1. The van der Waals surface area contributed by atoms with Gasteiger partial charge >= 0.3 is 0 Å². The van der Waals surface area contributed by atoms with E-state index < -0.39 is 28.5 Å². The molecule has 0 heterocycles. The largest absolute Gasteiger partial charge is 0.497 e. The number of halogens is 1. The Morgan fingerprint density at radius 2 is 1.60 bits per heavy atom. The average molecular weight is 586 g/mol. The zero-order valence-corrected chi connectivity index (χ0v) is 25.0. The van der Waals surface area contributed by atoms with E-state index in [0.29, 0.717) is 22.0 Å². The first kappa shape index (κ1) is 31.0. The molecule has 40 heavy (non-hydrogen) atoms. The third-order valence-corrected chi connectivity index (χ3v) is 8.87. The Labute approximate surface area is 241 Å². The van der Waals surface area contributed by atoms with Gasteiger partial charge < -0.3 is 15.0 Å². The van der Waals surface area contributed by atoms with E-state index in [0.717, 1.165) is 16.3 Å². The van der Waals surface area contributed by atoms with Gasteiger partial charge in [-0.1, -0.05) is 54.4 Å². The first-order valence-corrected chi connectivity index (χ1v) is 14.9. The Kier molecular flexibility index (Phi) is 10.6. The number of nitrogens with zero attached hydrogens (tertiary/aromatic N) is 2. The van der Waals surface area contributed by atoms with Crippen LogP contribution in [0.4, 0.5) is 5.69 Å². The molecule has 0 spiro atoms. The lowest BCUT2D eigenvalue weighted by Gasteiger charge is -2.32. The lowest BCUT2D eigenvalue weighted by Crippen LogP contribution is -2.52. The normalized spacial score (nSPS) is 12.8. The second-order valence-electron chi connectivity index (χ2n) is 9.63. The van der Waals surface area contributed by atoms with E-state index in [2.05, 4.69) is 5.32 Å². The first-order chi connectivity index (χ1) is 19.0. The number of methoxy groups -OCH3 is 1. The molecule has 0 saturated heterocycles. The summed E-state index contributed by atoms with van der Waals surface area (Å²) in [5.74, 6) is -0.386. The number of carbonyl (C=O) groups excluding carboxylic acids is 2. The molecule has 10 heteroatoms. The highest BCUT2D eigenvalue weighted by Crippen LogP contribution is 2.27. The molecule has 8 nitrogen and oxygen atoms in total. The molecule has 0 bridgehead atoms. The van der Waals surface area contributed by atoms with Crippen molar-refractivity contribution in [2.75, 3.05) is 18.0 Å². The molecule has 0 aliphatic rings. The molecule has 214 valence electrons. The predicted molar refractivity (Wildman–Crippen MR) is 158 cm³/mol. The molecular weight excluding hydrogens is 550 g/mol. The Morgan fingerprint density at radius 1 is 0.975 bits per heavy atom. The van der Waals surface area contributed by atoms with Crippen molar-refractivity contribution < 1.29 is 22.7 Å². The Balaban J connectivity index is 2.03. The Bertz CT molecular complexity index is 1410. The molecule has 2 atom stereocenters. The van der Waals surface area contributed by atoms with Crippen LogP contribution in [0.3, 0.4) is 0 Å². The van der Waals surface area contributed by atoms with Gasteiger partial charge in [-0.2, -0.15) is 0 Å². The van der Waals surface area contributed by atoms with E-state index in [4.69, 9.17) is 16.3 Å². The predicted octanol–water partition coefficient (Wildman–Crippen LogP) is 5.18. The van der Waals surface area contributed by atoms with E-state index in [-0.39, 0.29) is 23.4 Å². The molecule has 3 aromatic carbocycles. The maximum absolute atomic E-state index is 14.0. The van der Waals surface area contributed by atoms with Gasteiger partial charge in [0, 0.05) is 17.6 Å². The van der Waals surface area contributed by atoms with Crippen molar-refractivity contribution in [1.82, 2.24) is 10.2 Å². The molecular formula is C30H36ClN3O5S. The summed E-state index contributed by atoms with van der Waals surface area (Å²) in [7, 11) is -2.67. The van der Waals surface area contributed by atoms with Gasteiger partial charge in [0.15, 0.2) is 0 Å². The average Bonchev–Trinajstić information content (AvgIpc) is 2.95. The van der Waals surface area contributed by atoms with Gasteiger partial charge in [-0.15, -0.1) is 0 Å². The van der Waals surface area contributed by atoms with Crippen molar-refractivity contribution in [1.29, 1.82) is 0 Å². The van der Waals surface area contributed by atoms with E-state index in [1.807, 2.05) is 20.8 Å². The summed E-state index contributed by atoms with van der Waals surface area (Å²) in [6.07, 6.45) is 0.720. The summed E-state index contributed by atoms with van der Waals surface area (Å²) in [5.41, 5.74) is 1.90. The fourth-order valence-electron chi connectivity index (χ4n) is 3.97.